The Morgan fingerprint density at radius 3 is 2.70 bits per heavy atom. The number of nitrogens with one attached hydrogen (secondary N) is 2. The van der Waals surface area contributed by atoms with Crippen LogP contribution < -0.4 is 9.47 Å². The first kappa shape index (κ1) is 29.1. The average molecular weight is 624 g/mol. The van der Waals surface area contributed by atoms with E-state index in [1.54, 1.807) is 18.3 Å². The van der Waals surface area contributed by atoms with Crippen molar-refractivity contribution in [3.63, 3.8) is 0 Å². The summed E-state index contributed by atoms with van der Waals surface area (Å²) < 4.78 is 81.8. The third kappa shape index (κ3) is 4.88. The van der Waals surface area contributed by atoms with E-state index < -0.39 is 49.3 Å². The van der Waals surface area contributed by atoms with Crippen LogP contribution in [0.3, 0.4) is 0 Å². The molecule has 9 nitrogen and oxygen atoms in total. The molecule has 0 fully saturated rings. The first-order chi connectivity index (χ1) is 20.9. The number of H-pyrrole nitrogens is 2. The number of imidazole rings is 1. The molecule has 226 valence electrons. The van der Waals surface area contributed by atoms with Crippen molar-refractivity contribution in [1.82, 2.24) is 15.0 Å². The summed E-state index contributed by atoms with van der Waals surface area (Å²) >= 11 is 0. The molecule has 0 saturated heterocycles. The van der Waals surface area contributed by atoms with Crippen LogP contribution in [0.2, 0.25) is 0 Å². The van der Waals surface area contributed by atoms with E-state index in [1.165, 1.54) is 24.4 Å². The summed E-state index contributed by atoms with van der Waals surface area (Å²) in [6.07, 6.45) is 6.67. The van der Waals surface area contributed by atoms with Gasteiger partial charge in [0.25, 0.3) is 0 Å². The van der Waals surface area contributed by atoms with Gasteiger partial charge >= 0.3 is 5.97 Å². The van der Waals surface area contributed by atoms with E-state index in [9.17, 15) is 17.6 Å². The number of rotatable bonds is 7. The molecule has 1 atom stereocenters. The van der Waals surface area contributed by atoms with Crippen LogP contribution in [0.4, 0.5) is 13.2 Å². The highest BCUT2D eigenvalue weighted by Crippen LogP contribution is 2.45. The van der Waals surface area contributed by atoms with Crippen LogP contribution in [-0.4, -0.2) is 47.3 Å². The van der Waals surface area contributed by atoms with Crippen LogP contribution >= 0.6 is 0 Å². The van der Waals surface area contributed by atoms with Crippen molar-refractivity contribution >= 4 is 32.8 Å². The zero-order chi connectivity index (χ0) is 31.4. The number of aliphatic carboxylic acids is 1. The predicted octanol–water partition coefficient (Wildman–Crippen LogP) is 6.36. The maximum atomic E-state index is 15.2. The molecule has 13 heteroatoms. The van der Waals surface area contributed by atoms with Crippen LogP contribution in [0, 0.1) is 17.5 Å². The van der Waals surface area contributed by atoms with Crippen molar-refractivity contribution in [2.75, 3.05) is 12.9 Å². The first-order valence-corrected chi connectivity index (χ1v) is 15.2. The number of benzene rings is 3. The minimum absolute atomic E-state index is 0.0627. The van der Waals surface area contributed by atoms with Gasteiger partial charge in [0.05, 0.1) is 17.7 Å². The number of hydrogen-bond donors (Lipinski definition) is 3. The molecule has 44 heavy (non-hydrogen) atoms. The van der Waals surface area contributed by atoms with Crippen molar-refractivity contribution < 1.29 is 41.0 Å². The molecule has 0 saturated carbocycles. The third-order valence-corrected chi connectivity index (χ3v) is 8.80. The van der Waals surface area contributed by atoms with Gasteiger partial charge in [-0.15, -0.1) is 0 Å². The SMILES string of the molecule is C[C@@]1(c2cnc(-c3cc(Oc4c(F)c(F)c5[nH]ccc5c4S(C)(=O)=O)ccc3F)[nH]2)CCOc2c(/C=C/C(=O)O)cccc21. The molecule has 0 bridgehead atoms. The van der Waals surface area contributed by atoms with Gasteiger partial charge in [0.1, 0.15) is 28.0 Å². The number of nitrogens with zero attached hydrogens (tertiary/aromatic N) is 1. The topological polar surface area (TPSA) is 134 Å². The number of aromatic nitrogens is 3. The number of aromatic amines is 2. The van der Waals surface area contributed by atoms with E-state index in [2.05, 4.69) is 15.0 Å². The number of halogens is 3. The highest BCUT2D eigenvalue weighted by atomic mass is 32.2. The molecule has 1 aliphatic heterocycles. The Morgan fingerprint density at radius 1 is 1.16 bits per heavy atom. The molecule has 2 aromatic heterocycles. The summed E-state index contributed by atoms with van der Waals surface area (Å²) in [6, 6.07) is 10.1. The van der Waals surface area contributed by atoms with Crippen molar-refractivity contribution in [1.29, 1.82) is 0 Å². The van der Waals surface area contributed by atoms with E-state index in [0.29, 0.717) is 30.0 Å². The minimum atomic E-state index is -4.10. The Hall–Kier alpha value is -5.04. The largest absolute Gasteiger partial charge is 0.493 e. The van der Waals surface area contributed by atoms with Gasteiger partial charge in [0.15, 0.2) is 21.4 Å². The van der Waals surface area contributed by atoms with Crippen molar-refractivity contribution in [2.24, 2.45) is 0 Å². The van der Waals surface area contributed by atoms with Gasteiger partial charge < -0.3 is 24.5 Å². The van der Waals surface area contributed by atoms with E-state index in [1.807, 2.05) is 13.0 Å². The number of carboxylic acids is 1. The zero-order valence-electron chi connectivity index (χ0n) is 23.2. The smallest absolute Gasteiger partial charge is 0.328 e. The summed E-state index contributed by atoms with van der Waals surface area (Å²) in [4.78, 5) is 20.5. The maximum Gasteiger partial charge on any atom is 0.328 e. The fourth-order valence-electron chi connectivity index (χ4n) is 5.45. The van der Waals surface area contributed by atoms with Gasteiger partial charge in [-0.25, -0.2) is 27.0 Å². The van der Waals surface area contributed by atoms with Gasteiger partial charge in [-0.1, -0.05) is 18.2 Å². The lowest BCUT2D eigenvalue weighted by Gasteiger charge is -2.35. The molecule has 0 spiro atoms. The molecule has 0 radical (unpaired) electrons. The van der Waals surface area contributed by atoms with Crippen molar-refractivity contribution in [3.05, 3.63) is 95.2 Å². The number of carboxylic acid groups (broad SMARTS) is 1. The molecule has 0 amide bonds. The second-order valence-corrected chi connectivity index (χ2v) is 12.5. The van der Waals surface area contributed by atoms with Gasteiger partial charge in [-0.3, -0.25) is 0 Å². The Bertz CT molecular complexity index is 2100. The second kappa shape index (κ2) is 10.6. The highest BCUT2D eigenvalue weighted by molar-refractivity contribution is 7.91. The molecular weight excluding hydrogens is 599 g/mol. The van der Waals surface area contributed by atoms with Gasteiger partial charge in [-0.05, 0) is 43.7 Å². The molecule has 0 unspecified atom stereocenters. The standard InChI is InChI=1S/C31H24F3N3O6S/c1-31(11-13-42-27-16(6-9-23(38)39)4-3-5-20(27)31)22-15-36-30(37-22)19-14-17(7-8-21(19)32)43-28-25(34)24(33)26-18(10-12-35-26)29(28)44(2,40)41/h3-10,12,14-15,35H,11,13H2,1-2H3,(H,36,37)(H,38,39)/b9-6+/t31-/m1/s1. The zero-order valence-corrected chi connectivity index (χ0v) is 24.1. The highest BCUT2D eigenvalue weighted by Gasteiger charge is 2.38. The van der Waals surface area contributed by atoms with Crippen LogP contribution in [0.1, 0.15) is 30.2 Å². The second-order valence-electron chi connectivity index (χ2n) is 10.5. The molecular formula is C31H24F3N3O6S. The average Bonchev–Trinajstić information content (AvgIpc) is 3.66. The maximum absolute atomic E-state index is 15.2. The normalized spacial score (nSPS) is 16.7. The molecule has 0 aliphatic carbocycles. The lowest BCUT2D eigenvalue weighted by atomic mass is 9.75. The monoisotopic (exact) mass is 623 g/mol. The fraction of sp³-hybridized carbons (Fsp3) is 0.161. The lowest BCUT2D eigenvalue weighted by molar-refractivity contribution is -0.131. The van der Waals surface area contributed by atoms with E-state index in [-0.39, 0.29) is 28.0 Å². The van der Waals surface area contributed by atoms with Crippen LogP contribution in [0.5, 0.6) is 17.2 Å². The summed E-state index contributed by atoms with van der Waals surface area (Å²) in [6.45, 7) is 2.27. The quantitative estimate of drug-likeness (QED) is 0.142. The summed E-state index contributed by atoms with van der Waals surface area (Å²) in [5.41, 5.74) is 0.913. The predicted molar refractivity (Wildman–Crippen MR) is 155 cm³/mol. The Labute approximate surface area is 248 Å². The molecule has 3 heterocycles. The van der Waals surface area contributed by atoms with Crippen molar-refractivity contribution in [3.8, 4) is 28.6 Å². The van der Waals surface area contributed by atoms with Gasteiger partial charge in [0.2, 0.25) is 5.82 Å². The summed E-state index contributed by atoms with van der Waals surface area (Å²) in [5.74, 6) is -5.02. The molecule has 5 aromatic rings. The number of sulfone groups is 1. The third-order valence-electron chi connectivity index (χ3n) is 7.66. The molecule has 1 aliphatic rings. The van der Waals surface area contributed by atoms with Crippen molar-refractivity contribution in [2.45, 2.75) is 23.7 Å². The summed E-state index contributed by atoms with van der Waals surface area (Å²) in [7, 11) is -4.10. The van der Waals surface area contributed by atoms with Crippen LogP contribution in [0.25, 0.3) is 28.4 Å². The number of para-hydroxylation sites is 1. The number of carbonyl (C=O) groups is 1. The summed E-state index contributed by atoms with van der Waals surface area (Å²) in [5, 5.41) is 8.97. The van der Waals surface area contributed by atoms with E-state index in [0.717, 1.165) is 30.0 Å². The van der Waals surface area contributed by atoms with E-state index in [4.69, 9.17) is 14.6 Å². The Morgan fingerprint density at radius 2 is 1.95 bits per heavy atom. The lowest BCUT2D eigenvalue weighted by Crippen LogP contribution is -2.31. The van der Waals surface area contributed by atoms with E-state index >= 15 is 8.78 Å². The number of fused-ring (bicyclic) bond motifs is 2. The molecule has 3 N–H and O–H groups in total. The van der Waals surface area contributed by atoms with Crippen LogP contribution in [-0.2, 0) is 20.0 Å². The number of hydrogen-bond acceptors (Lipinski definition) is 6. The fourth-order valence-corrected chi connectivity index (χ4v) is 6.49. The Kier molecular flexibility index (Phi) is 7.00. The number of ether oxygens (including phenoxy) is 2. The Balaban J connectivity index is 1.39. The minimum Gasteiger partial charge on any atom is -0.493 e. The first-order valence-electron chi connectivity index (χ1n) is 13.3. The molecule has 6 rings (SSSR count). The van der Waals surface area contributed by atoms with Crippen LogP contribution in [0.15, 0.2) is 65.8 Å². The molecule has 3 aromatic carbocycles. The van der Waals surface area contributed by atoms with Gasteiger partial charge in [0, 0.05) is 52.3 Å². The van der Waals surface area contributed by atoms with Gasteiger partial charge in [-0.2, -0.15) is 4.39 Å².